The van der Waals surface area contributed by atoms with Gasteiger partial charge in [-0.1, -0.05) is 31.5 Å². The fourth-order valence-electron chi connectivity index (χ4n) is 2.57. The second-order valence-electron chi connectivity index (χ2n) is 5.78. The summed E-state index contributed by atoms with van der Waals surface area (Å²) >= 11 is 0. The lowest BCUT2D eigenvalue weighted by molar-refractivity contribution is -0.131. The summed E-state index contributed by atoms with van der Waals surface area (Å²) in [4.78, 5) is 18.7. The molecule has 1 amide bonds. The lowest BCUT2D eigenvalue weighted by atomic mass is 9.91. The van der Waals surface area contributed by atoms with Crippen molar-refractivity contribution in [2.24, 2.45) is 0 Å². The van der Waals surface area contributed by atoms with Gasteiger partial charge in [-0.25, -0.2) is 4.39 Å². The minimum atomic E-state index is -0.318. The Morgan fingerprint density at radius 3 is 2.61 bits per heavy atom. The summed E-state index contributed by atoms with van der Waals surface area (Å²) in [7, 11) is 1.83. The van der Waals surface area contributed by atoms with Crippen molar-refractivity contribution >= 4 is 5.91 Å². The molecule has 0 radical (unpaired) electrons. The summed E-state index contributed by atoms with van der Waals surface area (Å²) < 4.78 is 13.2. The van der Waals surface area contributed by atoms with Crippen LogP contribution < -0.4 is 0 Å². The third-order valence-electron chi connectivity index (χ3n) is 3.96. The SMILES string of the molecule is CCCCN(C)C(=O)C(Cc1cccnc1)c1ccc(F)cc1. The van der Waals surface area contributed by atoms with E-state index in [2.05, 4.69) is 11.9 Å². The largest absolute Gasteiger partial charge is 0.345 e. The molecule has 0 fully saturated rings. The Bertz CT molecular complexity index is 613. The molecule has 3 nitrogen and oxygen atoms in total. The number of benzene rings is 1. The lowest BCUT2D eigenvalue weighted by Crippen LogP contribution is -2.33. The Morgan fingerprint density at radius 1 is 1.26 bits per heavy atom. The van der Waals surface area contributed by atoms with Crippen LogP contribution in [0.3, 0.4) is 0 Å². The molecule has 0 aliphatic carbocycles. The zero-order chi connectivity index (χ0) is 16.7. The number of amides is 1. The van der Waals surface area contributed by atoms with Crippen LogP contribution in [0.15, 0.2) is 48.8 Å². The highest BCUT2D eigenvalue weighted by molar-refractivity contribution is 5.83. The molecule has 1 atom stereocenters. The molecule has 1 heterocycles. The summed E-state index contributed by atoms with van der Waals surface area (Å²) in [6.07, 6.45) is 6.07. The van der Waals surface area contributed by atoms with Crippen LogP contribution in [0.25, 0.3) is 0 Å². The van der Waals surface area contributed by atoms with Gasteiger partial charge in [0.05, 0.1) is 5.92 Å². The second-order valence-corrected chi connectivity index (χ2v) is 5.78. The Kier molecular flexibility index (Phi) is 6.27. The third kappa shape index (κ3) is 4.88. The molecule has 0 saturated heterocycles. The van der Waals surface area contributed by atoms with Gasteiger partial charge in [-0.05, 0) is 42.2 Å². The van der Waals surface area contributed by atoms with Crippen molar-refractivity contribution in [3.63, 3.8) is 0 Å². The van der Waals surface area contributed by atoms with Gasteiger partial charge in [0.15, 0.2) is 0 Å². The van der Waals surface area contributed by atoms with Crippen molar-refractivity contribution in [1.29, 1.82) is 0 Å². The van der Waals surface area contributed by atoms with Gasteiger partial charge < -0.3 is 4.90 Å². The van der Waals surface area contributed by atoms with E-state index in [9.17, 15) is 9.18 Å². The van der Waals surface area contributed by atoms with Crippen LogP contribution in [0.2, 0.25) is 0 Å². The van der Waals surface area contributed by atoms with Crippen LogP contribution in [0.5, 0.6) is 0 Å². The van der Waals surface area contributed by atoms with Crippen molar-refractivity contribution in [2.45, 2.75) is 32.1 Å². The van der Waals surface area contributed by atoms with Crippen LogP contribution >= 0.6 is 0 Å². The standard InChI is InChI=1S/C19H23FN2O/c1-3-4-12-22(2)19(23)18(13-15-6-5-11-21-14-15)16-7-9-17(20)10-8-16/h5-11,14,18H,3-4,12-13H2,1-2H3. The van der Waals surface area contributed by atoms with E-state index in [-0.39, 0.29) is 17.6 Å². The van der Waals surface area contributed by atoms with E-state index in [1.165, 1.54) is 12.1 Å². The second kappa shape index (κ2) is 8.42. The van der Waals surface area contributed by atoms with Crippen LogP contribution in [0, 0.1) is 5.82 Å². The molecule has 1 aromatic heterocycles. The quantitative estimate of drug-likeness (QED) is 0.778. The smallest absolute Gasteiger partial charge is 0.230 e. The fourth-order valence-corrected chi connectivity index (χ4v) is 2.57. The van der Waals surface area contributed by atoms with Gasteiger partial charge in [-0.15, -0.1) is 0 Å². The van der Waals surface area contributed by atoms with Crippen LogP contribution in [0.4, 0.5) is 4.39 Å². The minimum Gasteiger partial charge on any atom is -0.345 e. The number of likely N-dealkylation sites (N-methyl/N-ethyl adjacent to an activating group) is 1. The lowest BCUT2D eigenvalue weighted by Gasteiger charge is -2.24. The predicted octanol–water partition coefficient (Wildman–Crippen LogP) is 3.81. The van der Waals surface area contributed by atoms with Gasteiger partial charge in [-0.2, -0.15) is 0 Å². The van der Waals surface area contributed by atoms with Crippen molar-refractivity contribution in [3.8, 4) is 0 Å². The Balaban J connectivity index is 2.23. The highest BCUT2D eigenvalue weighted by Crippen LogP contribution is 2.23. The molecule has 0 bridgehead atoms. The third-order valence-corrected chi connectivity index (χ3v) is 3.96. The number of carbonyl (C=O) groups is 1. The zero-order valence-corrected chi connectivity index (χ0v) is 13.7. The first kappa shape index (κ1) is 17.1. The average Bonchev–Trinajstić information content (AvgIpc) is 2.59. The van der Waals surface area contributed by atoms with Gasteiger partial charge >= 0.3 is 0 Å². The van der Waals surface area contributed by atoms with E-state index in [1.54, 1.807) is 29.4 Å². The maximum absolute atomic E-state index is 13.2. The van der Waals surface area contributed by atoms with Crippen molar-refractivity contribution < 1.29 is 9.18 Å². The Morgan fingerprint density at radius 2 is 2.00 bits per heavy atom. The normalized spacial score (nSPS) is 12.0. The fraction of sp³-hybridized carbons (Fsp3) is 0.368. The molecule has 0 aliphatic heterocycles. The minimum absolute atomic E-state index is 0.0638. The average molecular weight is 314 g/mol. The van der Waals surface area contributed by atoms with Crippen LogP contribution in [-0.4, -0.2) is 29.4 Å². The molecule has 1 unspecified atom stereocenters. The number of hydrogen-bond acceptors (Lipinski definition) is 2. The molecule has 122 valence electrons. The van der Waals surface area contributed by atoms with E-state index >= 15 is 0 Å². The van der Waals surface area contributed by atoms with E-state index in [1.807, 2.05) is 19.2 Å². The van der Waals surface area contributed by atoms with E-state index < -0.39 is 0 Å². The molecule has 1 aromatic carbocycles. The first-order valence-electron chi connectivity index (χ1n) is 8.01. The monoisotopic (exact) mass is 314 g/mol. The molecule has 0 N–H and O–H groups in total. The first-order valence-corrected chi connectivity index (χ1v) is 8.01. The Labute approximate surface area is 137 Å². The molecule has 2 aromatic rings. The topological polar surface area (TPSA) is 33.2 Å². The number of carbonyl (C=O) groups excluding carboxylic acids is 1. The predicted molar refractivity (Wildman–Crippen MR) is 89.6 cm³/mol. The molecular formula is C19H23FN2O. The molecule has 0 saturated carbocycles. The van der Waals surface area contributed by atoms with E-state index in [0.717, 1.165) is 30.5 Å². The number of halogens is 1. The van der Waals surface area contributed by atoms with Gasteiger partial charge in [-0.3, -0.25) is 9.78 Å². The summed E-state index contributed by atoms with van der Waals surface area (Å²) in [5, 5.41) is 0. The number of nitrogens with zero attached hydrogens (tertiary/aromatic N) is 2. The number of unbranched alkanes of at least 4 members (excludes halogenated alkanes) is 1. The summed E-state index contributed by atoms with van der Waals surface area (Å²) in [6.45, 7) is 2.84. The maximum atomic E-state index is 13.2. The van der Waals surface area contributed by atoms with E-state index in [0.29, 0.717) is 6.42 Å². The van der Waals surface area contributed by atoms with Crippen molar-refractivity contribution in [1.82, 2.24) is 9.88 Å². The number of pyridine rings is 1. The van der Waals surface area contributed by atoms with Gasteiger partial charge in [0.1, 0.15) is 5.82 Å². The molecule has 4 heteroatoms. The number of aromatic nitrogens is 1. The molecule has 23 heavy (non-hydrogen) atoms. The Hall–Kier alpha value is -2.23. The van der Waals surface area contributed by atoms with Crippen molar-refractivity contribution in [3.05, 3.63) is 65.7 Å². The summed E-state index contributed by atoms with van der Waals surface area (Å²) in [6, 6.07) is 10.0. The van der Waals surface area contributed by atoms with Crippen molar-refractivity contribution in [2.75, 3.05) is 13.6 Å². The number of hydrogen-bond donors (Lipinski definition) is 0. The van der Waals surface area contributed by atoms with Gasteiger partial charge in [0, 0.05) is 26.0 Å². The van der Waals surface area contributed by atoms with Gasteiger partial charge in [0.25, 0.3) is 0 Å². The summed E-state index contributed by atoms with van der Waals surface area (Å²) in [5.41, 5.74) is 1.84. The zero-order valence-electron chi connectivity index (χ0n) is 13.7. The first-order chi connectivity index (χ1) is 11.1. The molecule has 0 spiro atoms. The van der Waals surface area contributed by atoms with Gasteiger partial charge in [0.2, 0.25) is 5.91 Å². The summed E-state index contributed by atoms with van der Waals surface area (Å²) in [5.74, 6) is -0.545. The van der Waals surface area contributed by atoms with E-state index in [4.69, 9.17) is 0 Å². The maximum Gasteiger partial charge on any atom is 0.230 e. The highest BCUT2D eigenvalue weighted by atomic mass is 19.1. The molecule has 2 rings (SSSR count). The number of rotatable bonds is 7. The molecular weight excluding hydrogens is 291 g/mol. The molecule has 0 aliphatic rings. The van der Waals surface area contributed by atoms with Crippen LogP contribution in [-0.2, 0) is 11.2 Å². The van der Waals surface area contributed by atoms with Crippen LogP contribution in [0.1, 0.15) is 36.8 Å². The highest BCUT2D eigenvalue weighted by Gasteiger charge is 2.24.